The number of nitrogens with one attached hydrogen (secondary N) is 1. The molecule has 152 valence electrons. The topological polar surface area (TPSA) is 106 Å². The van der Waals surface area contributed by atoms with Gasteiger partial charge in [-0.2, -0.15) is 0 Å². The number of thiazole rings is 1. The van der Waals surface area contributed by atoms with Crippen LogP contribution >= 0.6 is 11.3 Å². The molecule has 0 bridgehead atoms. The summed E-state index contributed by atoms with van der Waals surface area (Å²) >= 11 is 1.57. The smallest absolute Gasteiger partial charge is 0.543 e. The van der Waals surface area contributed by atoms with E-state index in [0.717, 1.165) is 40.2 Å². The Hall–Kier alpha value is -1.45. The first-order chi connectivity index (χ1) is 14.0. The molecule has 1 saturated heterocycles. The number of nitrogens with zero attached hydrogens (tertiary/aromatic N) is 2. The third-order valence-corrected chi connectivity index (χ3v) is 7.52. The quantitative estimate of drug-likeness (QED) is 0.431. The molecule has 1 saturated carbocycles. The van der Waals surface area contributed by atoms with Gasteiger partial charge in [-0.3, -0.25) is 4.79 Å². The molecule has 0 spiro atoms. The molecule has 1 aliphatic carbocycles. The van der Waals surface area contributed by atoms with E-state index in [9.17, 15) is 19.8 Å². The number of hydrogen-bond donors (Lipinski definition) is 2. The predicted molar refractivity (Wildman–Crippen MR) is 107 cm³/mol. The second kappa shape index (κ2) is 8.24. The number of aliphatic hydroxyl groups excluding tert-OH is 1. The largest absolute Gasteiger partial charge is 1.00 e. The van der Waals surface area contributed by atoms with Crippen LogP contribution in [0, 0.1) is 17.8 Å². The van der Waals surface area contributed by atoms with Gasteiger partial charge in [0.25, 0.3) is 0 Å². The Bertz CT molecular complexity index is 1000. The summed E-state index contributed by atoms with van der Waals surface area (Å²) in [6.45, 7) is 2.17. The van der Waals surface area contributed by atoms with Crippen molar-refractivity contribution >= 4 is 38.6 Å². The number of para-hydroxylation sites is 1. The maximum absolute atomic E-state index is 12.5. The molecule has 9 heteroatoms. The number of benzene rings is 1. The van der Waals surface area contributed by atoms with Gasteiger partial charge in [0.1, 0.15) is 0 Å². The predicted octanol–water partition coefficient (Wildman–Crippen LogP) is -1.65. The van der Waals surface area contributed by atoms with Crippen LogP contribution in [0.4, 0.5) is 5.13 Å². The summed E-state index contributed by atoms with van der Waals surface area (Å²) in [7, 11) is 0. The molecule has 2 aromatic rings. The normalized spacial score (nSPS) is 28.5. The summed E-state index contributed by atoms with van der Waals surface area (Å²) in [5.74, 6) is -2.14. The zero-order chi connectivity index (χ0) is 20.3. The first-order valence-electron chi connectivity index (χ1n) is 10.0. The van der Waals surface area contributed by atoms with Crippen LogP contribution in [0.1, 0.15) is 26.2 Å². The van der Waals surface area contributed by atoms with Crippen LogP contribution in [0.15, 0.2) is 35.5 Å². The van der Waals surface area contributed by atoms with E-state index in [2.05, 4.69) is 10.3 Å². The minimum atomic E-state index is -1.29. The number of aliphatic carboxylic acids is 1. The third-order valence-electron chi connectivity index (χ3n) is 6.53. The van der Waals surface area contributed by atoms with Gasteiger partial charge in [-0.05, 0) is 43.4 Å². The molecule has 2 N–H and O–H groups in total. The Morgan fingerprint density at radius 3 is 2.87 bits per heavy atom. The fraction of sp³-hybridized carbons (Fsp3) is 0.476. The van der Waals surface area contributed by atoms with Crippen LogP contribution in [-0.4, -0.2) is 45.6 Å². The standard InChI is InChI=1S/C21H23N3O4S.Na/c1-10(25)15-17-12-6-4-5-11(16(12)18(20(27)28)24(17)19(15)26)9-22-21-23-13-7-2-3-8-14(13)29-21;/h2-3,7-8,10-12,15,17,25H,4-6,9H2,1H3,(H,22,23)(H,27,28);/q;+1/p-1/t10-,11-,12+,15-,17-;/m1./s1. The number of carbonyl (C=O) groups excluding carboxylic acids is 2. The molecule has 0 radical (unpaired) electrons. The van der Waals surface area contributed by atoms with Crippen molar-refractivity contribution in [2.45, 2.75) is 38.3 Å². The van der Waals surface area contributed by atoms with Crippen LogP contribution in [0.5, 0.6) is 0 Å². The molecular formula is C21H22N3NaO4S. The first-order valence-corrected chi connectivity index (χ1v) is 10.8. The van der Waals surface area contributed by atoms with Gasteiger partial charge in [-0.15, -0.1) is 0 Å². The van der Waals surface area contributed by atoms with E-state index in [1.807, 2.05) is 24.3 Å². The van der Waals surface area contributed by atoms with Crippen molar-refractivity contribution in [3.63, 3.8) is 0 Å². The van der Waals surface area contributed by atoms with Crippen molar-refractivity contribution in [1.29, 1.82) is 0 Å². The zero-order valence-corrected chi connectivity index (χ0v) is 19.8. The van der Waals surface area contributed by atoms with Gasteiger partial charge in [-0.1, -0.05) is 29.9 Å². The number of carbonyl (C=O) groups is 2. The number of carboxylic acids is 1. The van der Waals surface area contributed by atoms with Crippen LogP contribution in [-0.2, 0) is 9.59 Å². The summed E-state index contributed by atoms with van der Waals surface area (Å²) < 4.78 is 1.10. The third kappa shape index (κ3) is 3.29. The number of amides is 1. The molecule has 3 heterocycles. The SMILES string of the molecule is C[C@@H](O)[C@H]1C(=O)N2C(C(=O)[O-])=C3[C@@H](CNc4nc5ccccc5s4)CCC[C@@H]3[C@H]12.[Na+]. The Balaban J connectivity index is 0.00000218. The van der Waals surface area contributed by atoms with Crippen molar-refractivity contribution in [3.05, 3.63) is 35.5 Å². The number of β-lactam (4-membered cyclic amide) rings is 1. The van der Waals surface area contributed by atoms with Crippen molar-refractivity contribution < 1.29 is 49.4 Å². The molecule has 3 aliphatic rings. The molecule has 0 unspecified atom stereocenters. The van der Waals surface area contributed by atoms with Gasteiger partial charge < -0.3 is 25.2 Å². The number of anilines is 1. The van der Waals surface area contributed by atoms with Gasteiger partial charge in [0.15, 0.2) is 5.13 Å². The van der Waals surface area contributed by atoms with E-state index in [-0.39, 0.29) is 59.0 Å². The van der Waals surface area contributed by atoms with Crippen molar-refractivity contribution in [3.8, 4) is 0 Å². The summed E-state index contributed by atoms with van der Waals surface area (Å²) in [4.78, 5) is 30.5. The Morgan fingerprint density at radius 2 is 2.17 bits per heavy atom. The number of hydrogen-bond acceptors (Lipinski definition) is 7. The molecule has 1 aromatic heterocycles. The van der Waals surface area contributed by atoms with Crippen LogP contribution in [0.2, 0.25) is 0 Å². The van der Waals surface area contributed by atoms with E-state index in [4.69, 9.17) is 0 Å². The van der Waals surface area contributed by atoms with Crippen LogP contribution in [0.25, 0.3) is 10.2 Å². The average Bonchev–Trinajstić information content (AvgIpc) is 3.23. The second-order valence-corrected chi connectivity index (χ2v) is 9.19. The Kier molecular flexibility index (Phi) is 5.98. The van der Waals surface area contributed by atoms with Gasteiger partial charge in [0.05, 0.1) is 39.9 Å². The molecule has 1 aromatic carbocycles. The average molecular weight is 435 g/mol. The number of aromatic nitrogens is 1. The summed E-state index contributed by atoms with van der Waals surface area (Å²) in [5, 5.41) is 26.2. The van der Waals surface area contributed by atoms with E-state index >= 15 is 0 Å². The first kappa shape index (κ1) is 21.8. The molecule has 2 aliphatic heterocycles. The van der Waals surface area contributed by atoms with Gasteiger partial charge in [0, 0.05) is 12.5 Å². The molecule has 7 nitrogen and oxygen atoms in total. The van der Waals surface area contributed by atoms with Crippen molar-refractivity contribution in [2.75, 3.05) is 11.9 Å². The molecule has 5 rings (SSSR count). The van der Waals surface area contributed by atoms with E-state index < -0.39 is 18.0 Å². The zero-order valence-electron chi connectivity index (χ0n) is 17.0. The number of fused-ring (bicyclic) bond motifs is 4. The fourth-order valence-corrected chi connectivity index (χ4v) is 6.23. The number of carboxylic acid groups (broad SMARTS) is 1. The molecule has 5 atom stereocenters. The minimum absolute atomic E-state index is 0. The van der Waals surface area contributed by atoms with Crippen molar-refractivity contribution in [1.82, 2.24) is 9.88 Å². The maximum Gasteiger partial charge on any atom is 1.00 e. The number of rotatable bonds is 5. The van der Waals surface area contributed by atoms with E-state index in [1.54, 1.807) is 18.3 Å². The Labute approximate surface area is 200 Å². The molecule has 1 amide bonds. The summed E-state index contributed by atoms with van der Waals surface area (Å²) in [6, 6.07) is 7.66. The van der Waals surface area contributed by atoms with Crippen LogP contribution in [0.3, 0.4) is 0 Å². The van der Waals surface area contributed by atoms with Crippen LogP contribution < -0.4 is 40.0 Å². The van der Waals surface area contributed by atoms with Gasteiger partial charge in [-0.25, -0.2) is 4.98 Å². The fourth-order valence-electron chi connectivity index (χ4n) is 5.36. The summed E-state index contributed by atoms with van der Waals surface area (Å²) in [5.41, 5.74) is 1.79. The molecule has 30 heavy (non-hydrogen) atoms. The molecular weight excluding hydrogens is 413 g/mol. The van der Waals surface area contributed by atoms with Gasteiger partial charge in [0.2, 0.25) is 5.91 Å². The Morgan fingerprint density at radius 1 is 1.40 bits per heavy atom. The van der Waals surface area contributed by atoms with E-state index in [1.165, 1.54) is 4.90 Å². The summed E-state index contributed by atoms with van der Waals surface area (Å²) in [6.07, 6.45) is 1.87. The minimum Gasteiger partial charge on any atom is -0.543 e. The van der Waals surface area contributed by atoms with Crippen molar-refractivity contribution in [2.24, 2.45) is 17.8 Å². The maximum atomic E-state index is 12.5. The molecule has 2 fully saturated rings. The van der Waals surface area contributed by atoms with Gasteiger partial charge >= 0.3 is 29.6 Å². The second-order valence-electron chi connectivity index (χ2n) is 8.16. The van der Waals surface area contributed by atoms with E-state index in [0.29, 0.717) is 6.54 Å². The monoisotopic (exact) mass is 435 g/mol. The number of aliphatic hydroxyl groups is 1.